The van der Waals surface area contributed by atoms with Crippen LogP contribution in [-0.2, 0) is 16.1 Å². The predicted molar refractivity (Wildman–Crippen MR) is 135 cm³/mol. The largest absolute Gasteiger partial charge is 0.370 e. The lowest BCUT2D eigenvalue weighted by molar-refractivity contribution is -0.120. The lowest BCUT2D eigenvalue weighted by atomic mass is 9.91. The number of imidazole rings is 1. The first kappa shape index (κ1) is 27.1. The number of fused-ring (bicyclic) bond motifs is 1. The van der Waals surface area contributed by atoms with Gasteiger partial charge in [0.25, 0.3) is 0 Å². The molecule has 0 spiro atoms. The number of hydrogen-bond donors (Lipinski definition) is 3. The fourth-order valence-corrected chi connectivity index (χ4v) is 3.57. The van der Waals surface area contributed by atoms with Crippen molar-refractivity contribution in [2.75, 3.05) is 22.6 Å². The standard InChI is InChI=1S/C25H27F2N7O3/c1-25(2,3)12-22(36)33(4)15-5-6-20-19(10-15)30-23(34(20)8-7-21(29)35)32-24(37)31-18-11-16(26)14(13-28)9-17(18)27/h5-6,9-11H,7-8,12H2,1-4H3,(H2,29,35)(H2,30,31,32,37). The van der Waals surface area contributed by atoms with Gasteiger partial charge in [0.05, 0.1) is 22.3 Å². The van der Waals surface area contributed by atoms with E-state index >= 15 is 0 Å². The fourth-order valence-electron chi connectivity index (χ4n) is 3.57. The van der Waals surface area contributed by atoms with Crippen LogP contribution in [0, 0.1) is 28.4 Å². The molecule has 0 saturated carbocycles. The number of nitrogens with zero attached hydrogens (tertiary/aromatic N) is 4. The van der Waals surface area contributed by atoms with Gasteiger partial charge in [-0.25, -0.2) is 18.6 Å². The minimum atomic E-state index is -0.997. The highest BCUT2D eigenvalue weighted by Gasteiger charge is 2.22. The van der Waals surface area contributed by atoms with Gasteiger partial charge in [0.15, 0.2) is 0 Å². The van der Waals surface area contributed by atoms with Crippen molar-refractivity contribution in [2.24, 2.45) is 11.1 Å². The van der Waals surface area contributed by atoms with E-state index in [4.69, 9.17) is 11.0 Å². The number of carbonyl (C=O) groups is 3. The summed E-state index contributed by atoms with van der Waals surface area (Å²) in [4.78, 5) is 42.6. The Balaban J connectivity index is 1.91. The third kappa shape index (κ3) is 6.58. The molecule has 1 heterocycles. The van der Waals surface area contributed by atoms with Crippen LogP contribution in [0.5, 0.6) is 0 Å². The molecular weight excluding hydrogens is 484 g/mol. The van der Waals surface area contributed by atoms with Crippen LogP contribution in [0.1, 0.15) is 39.2 Å². The second-order valence-electron chi connectivity index (χ2n) is 9.67. The molecule has 1 aromatic heterocycles. The van der Waals surface area contributed by atoms with Crippen LogP contribution in [0.4, 0.5) is 30.9 Å². The number of primary amides is 1. The molecule has 0 fully saturated rings. The lowest BCUT2D eigenvalue weighted by Crippen LogP contribution is -2.29. The van der Waals surface area contributed by atoms with Gasteiger partial charge in [0.2, 0.25) is 17.8 Å². The third-order valence-corrected chi connectivity index (χ3v) is 5.41. The van der Waals surface area contributed by atoms with E-state index < -0.39 is 34.8 Å². The highest BCUT2D eigenvalue weighted by atomic mass is 19.1. The van der Waals surface area contributed by atoms with Crippen LogP contribution >= 0.6 is 0 Å². The minimum Gasteiger partial charge on any atom is -0.370 e. The van der Waals surface area contributed by atoms with Gasteiger partial charge in [-0.3, -0.25) is 14.9 Å². The number of amides is 4. The van der Waals surface area contributed by atoms with Crippen molar-refractivity contribution in [3.63, 3.8) is 0 Å². The number of rotatable bonds is 7. The van der Waals surface area contributed by atoms with E-state index in [-0.39, 0.29) is 30.2 Å². The van der Waals surface area contributed by atoms with Gasteiger partial charge < -0.3 is 20.5 Å². The van der Waals surface area contributed by atoms with Crippen molar-refractivity contribution in [3.8, 4) is 6.07 Å². The van der Waals surface area contributed by atoms with E-state index in [1.54, 1.807) is 25.2 Å². The van der Waals surface area contributed by atoms with Crippen LogP contribution in [0.3, 0.4) is 0 Å². The van der Waals surface area contributed by atoms with Crippen LogP contribution in [0.2, 0.25) is 0 Å². The average Bonchev–Trinajstić information content (AvgIpc) is 3.13. The quantitative estimate of drug-likeness (QED) is 0.437. The molecule has 0 radical (unpaired) electrons. The minimum absolute atomic E-state index is 0.0177. The molecule has 0 unspecified atom stereocenters. The van der Waals surface area contributed by atoms with Gasteiger partial charge in [-0.1, -0.05) is 20.8 Å². The second-order valence-corrected chi connectivity index (χ2v) is 9.67. The Morgan fingerprint density at radius 1 is 1.14 bits per heavy atom. The Hall–Kier alpha value is -4.53. The number of halogens is 2. The topological polar surface area (TPSA) is 146 Å². The smallest absolute Gasteiger partial charge is 0.326 e. The first-order valence-electron chi connectivity index (χ1n) is 11.3. The molecule has 4 amide bonds. The van der Waals surface area contributed by atoms with Gasteiger partial charge in [0, 0.05) is 38.2 Å². The molecule has 0 aliphatic rings. The van der Waals surface area contributed by atoms with Crippen LogP contribution in [-0.4, -0.2) is 34.4 Å². The molecule has 0 atom stereocenters. The zero-order valence-electron chi connectivity index (χ0n) is 20.9. The van der Waals surface area contributed by atoms with Crippen molar-refractivity contribution in [1.29, 1.82) is 5.26 Å². The molecule has 0 aliphatic carbocycles. The molecule has 37 heavy (non-hydrogen) atoms. The summed E-state index contributed by atoms with van der Waals surface area (Å²) in [5, 5.41) is 13.5. The highest BCUT2D eigenvalue weighted by Crippen LogP contribution is 2.28. The molecule has 10 nitrogen and oxygen atoms in total. The zero-order chi connectivity index (χ0) is 27.5. The number of nitrogens with one attached hydrogen (secondary N) is 2. The van der Waals surface area contributed by atoms with Crippen molar-refractivity contribution in [2.45, 2.75) is 40.2 Å². The number of nitrogens with two attached hydrogens (primary N) is 1. The van der Waals surface area contributed by atoms with Gasteiger partial charge in [-0.15, -0.1) is 0 Å². The monoisotopic (exact) mass is 511 g/mol. The van der Waals surface area contributed by atoms with Crippen molar-refractivity contribution < 1.29 is 23.2 Å². The van der Waals surface area contributed by atoms with E-state index in [9.17, 15) is 23.2 Å². The van der Waals surface area contributed by atoms with E-state index in [0.29, 0.717) is 35.3 Å². The number of urea groups is 1. The van der Waals surface area contributed by atoms with E-state index in [0.717, 1.165) is 0 Å². The Kier molecular flexibility index (Phi) is 7.76. The zero-order valence-corrected chi connectivity index (χ0v) is 20.9. The fraction of sp³-hybridized carbons (Fsp3) is 0.320. The van der Waals surface area contributed by atoms with Crippen LogP contribution in [0.25, 0.3) is 11.0 Å². The summed E-state index contributed by atoms with van der Waals surface area (Å²) in [6.45, 7) is 5.97. The van der Waals surface area contributed by atoms with Crippen molar-refractivity contribution >= 4 is 46.2 Å². The molecule has 2 aromatic carbocycles. The third-order valence-electron chi connectivity index (χ3n) is 5.41. The maximum Gasteiger partial charge on any atom is 0.326 e. The van der Waals surface area contributed by atoms with Crippen molar-refractivity contribution in [1.82, 2.24) is 9.55 Å². The number of nitriles is 1. The summed E-state index contributed by atoms with van der Waals surface area (Å²) in [7, 11) is 1.65. The summed E-state index contributed by atoms with van der Waals surface area (Å²) < 4.78 is 29.6. The molecule has 3 rings (SSSR count). The molecule has 194 valence electrons. The van der Waals surface area contributed by atoms with Gasteiger partial charge in [0.1, 0.15) is 17.7 Å². The summed E-state index contributed by atoms with van der Waals surface area (Å²) in [5.41, 5.74) is 5.66. The number of aryl methyl sites for hydroxylation is 1. The molecule has 12 heteroatoms. The summed E-state index contributed by atoms with van der Waals surface area (Å²) in [5.74, 6) is -2.64. The lowest BCUT2D eigenvalue weighted by Gasteiger charge is -2.23. The molecule has 0 saturated heterocycles. The molecule has 0 bridgehead atoms. The number of carbonyl (C=O) groups excluding carboxylic acids is 3. The summed E-state index contributed by atoms with van der Waals surface area (Å²) >= 11 is 0. The maximum atomic E-state index is 14.2. The van der Waals surface area contributed by atoms with Gasteiger partial charge in [-0.05, 0) is 29.7 Å². The number of hydrogen-bond acceptors (Lipinski definition) is 5. The number of anilines is 3. The van der Waals surface area contributed by atoms with Gasteiger partial charge >= 0.3 is 6.03 Å². The Morgan fingerprint density at radius 2 is 1.84 bits per heavy atom. The average molecular weight is 512 g/mol. The first-order valence-corrected chi connectivity index (χ1v) is 11.3. The Morgan fingerprint density at radius 3 is 2.46 bits per heavy atom. The van der Waals surface area contributed by atoms with E-state index in [1.165, 1.54) is 15.5 Å². The maximum absolute atomic E-state index is 14.2. The molecule has 3 aromatic rings. The van der Waals surface area contributed by atoms with Crippen LogP contribution < -0.4 is 21.3 Å². The highest BCUT2D eigenvalue weighted by molar-refractivity contribution is 6.00. The van der Waals surface area contributed by atoms with Crippen molar-refractivity contribution in [3.05, 3.63) is 47.5 Å². The number of aromatic nitrogens is 2. The molecule has 4 N–H and O–H groups in total. The first-order chi connectivity index (χ1) is 17.3. The second kappa shape index (κ2) is 10.6. The predicted octanol–water partition coefficient (Wildman–Crippen LogP) is 4.10. The number of benzene rings is 2. The normalized spacial score (nSPS) is 11.2. The molecule has 0 aliphatic heterocycles. The van der Waals surface area contributed by atoms with E-state index in [2.05, 4.69) is 15.6 Å². The Labute approximate surface area is 212 Å². The molecular formula is C25H27F2N7O3. The Bertz CT molecular complexity index is 1420. The van der Waals surface area contributed by atoms with Crippen LogP contribution in [0.15, 0.2) is 30.3 Å². The SMILES string of the molecule is CN(C(=O)CC(C)(C)C)c1ccc2c(c1)nc(NC(=O)Nc1cc(F)c(C#N)cc1F)n2CCC(N)=O. The summed E-state index contributed by atoms with van der Waals surface area (Å²) in [6.07, 6.45) is 0.275. The van der Waals surface area contributed by atoms with Gasteiger partial charge in [-0.2, -0.15) is 5.26 Å². The van der Waals surface area contributed by atoms with E-state index in [1.807, 2.05) is 20.8 Å². The summed E-state index contributed by atoms with van der Waals surface area (Å²) in [6, 6.07) is 7.01.